The molecule has 0 fully saturated rings. The molecule has 17 heavy (non-hydrogen) atoms. The second-order valence-electron chi connectivity index (χ2n) is 3.81. The molecule has 0 spiro atoms. The quantitative estimate of drug-likeness (QED) is 0.876. The Bertz CT molecular complexity index is 464. The summed E-state index contributed by atoms with van der Waals surface area (Å²) in [5.41, 5.74) is 3.33. The fraction of sp³-hybridized carbons (Fsp3) is 0.286. The van der Waals surface area contributed by atoms with E-state index in [0.29, 0.717) is 0 Å². The first-order chi connectivity index (χ1) is 8.30. The van der Waals surface area contributed by atoms with Crippen LogP contribution in [0.2, 0.25) is 0 Å². The van der Waals surface area contributed by atoms with Crippen molar-refractivity contribution < 1.29 is 9.47 Å². The van der Waals surface area contributed by atoms with Crippen molar-refractivity contribution in [1.82, 2.24) is 4.98 Å². The van der Waals surface area contributed by atoms with E-state index in [2.05, 4.69) is 11.9 Å². The topological polar surface area (TPSA) is 34.2 Å². The number of aromatic nitrogens is 1. The van der Waals surface area contributed by atoms with E-state index in [1.165, 1.54) is 0 Å². The molecule has 1 heterocycles. The third-order valence-electron chi connectivity index (χ3n) is 2.89. The lowest BCUT2D eigenvalue weighted by atomic mass is 10.0. The molecule has 2 aromatic rings. The number of ether oxygens (including phenoxy) is 2. The zero-order chi connectivity index (χ0) is 12.3. The molecule has 3 nitrogen and oxygen atoms in total. The van der Waals surface area contributed by atoms with Gasteiger partial charge in [-0.3, -0.25) is 0 Å². The van der Waals surface area contributed by atoms with Crippen LogP contribution in [0.25, 0.3) is 11.1 Å². The molecular weight excluding hydrogens is 214 g/mol. The van der Waals surface area contributed by atoms with E-state index in [-0.39, 0.29) is 0 Å². The zero-order valence-electron chi connectivity index (χ0n) is 10.4. The van der Waals surface area contributed by atoms with Crippen LogP contribution in [0.3, 0.4) is 0 Å². The zero-order valence-corrected chi connectivity index (χ0v) is 10.4. The normalized spacial score (nSPS) is 10.3. The van der Waals surface area contributed by atoms with Gasteiger partial charge in [0.2, 0.25) is 0 Å². The summed E-state index contributed by atoms with van der Waals surface area (Å²) in [6.45, 7) is 2.09. The van der Waals surface area contributed by atoms with E-state index in [9.17, 15) is 0 Å². The van der Waals surface area contributed by atoms with Crippen LogP contribution in [-0.4, -0.2) is 19.2 Å². The Kier molecular flexibility index (Phi) is 3.38. The third kappa shape index (κ3) is 2.13. The highest BCUT2D eigenvalue weighted by molar-refractivity contribution is 5.68. The van der Waals surface area contributed by atoms with Crippen LogP contribution in [0.5, 0.6) is 11.5 Å². The molecule has 0 radical (unpaired) electrons. The summed E-state index contributed by atoms with van der Waals surface area (Å²) < 4.78 is 10.9. The summed E-state index contributed by atoms with van der Waals surface area (Å²) in [6, 6.07) is 6.12. The Morgan fingerprint density at radius 1 is 1.06 bits per heavy atom. The molecule has 0 aliphatic rings. The highest BCUT2D eigenvalue weighted by atomic mass is 16.5. The third-order valence-corrected chi connectivity index (χ3v) is 2.89. The predicted octanol–water partition coefficient (Wildman–Crippen LogP) is 3.26. The summed E-state index contributed by atoms with van der Waals surface area (Å²) in [5.74, 6) is 1.76. The van der Waals surface area contributed by atoms with Crippen LogP contribution in [0.15, 0.2) is 30.6 Å². The first-order valence-electron chi connectivity index (χ1n) is 5.68. The number of aromatic amines is 1. The SMILES string of the molecule is CCc1c(OC)cc(-c2cc[nH]c2)cc1OC. The molecule has 2 rings (SSSR count). The lowest BCUT2D eigenvalue weighted by Gasteiger charge is -2.13. The van der Waals surface area contributed by atoms with Crippen molar-refractivity contribution in [2.24, 2.45) is 0 Å². The second kappa shape index (κ2) is 4.95. The first-order valence-corrected chi connectivity index (χ1v) is 5.68. The fourth-order valence-electron chi connectivity index (χ4n) is 2.00. The molecule has 1 aromatic heterocycles. The van der Waals surface area contributed by atoms with Crippen molar-refractivity contribution in [2.45, 2.75) is 13.3 Å². The van der Waals surface area contributed by atoms with Gasteiger partial charge < -0.3 is 14.5 Å². The minimum Gasteiger partial charge on any atom is -0.496 e. The highest BCUT2D eigenvalue weighted by Gasteiger charge is 2.11. The monoisotopic (exact) mass is 231 g/mol. The van der Waals surface area contributed by atoms with Crippen molar-refractivity contribution in [3.63, 3.8) is 0 Å². The molecule has 0 amide bonds. The molecule has 0 aliphatic heterocycles. The van der Waals surface area contributed by atoms with Crippen LogP contribution < -0.4 is 9.47 Å². The maximum Gasteiger partial charge on any atom is 0.126 e. The standard InChI is InChI=1S/C14H17NO2/c1-4-12-13(16-2)7-11(8-14(12)17-3)10-5-6-15-9-10/h5-9,15H,4H2,1-3H3. The Balaban J connectivity index is 2.56. The van der Waals surface area contributed by atoms with E-state index >= 15 is 0 Å². The van der Waals surface area contributed by atoms with Gasteiger partial charge in [0.05, 0.1) is 14.2 Å². The highest BCUT2D eigenvalue weighted by Crippen LogP contribution is 2.35. The van der Waals surface area contributed by atoms with Crippen molar-refractivity contribution >= 4 is 0 Å². The molecule has 1 aromatic carbocycles. The largest absolute Gasteiger partial charge is 0.496 e. The van der Waals surface area contributed by atoms with Crippen LogP contribution >= 0.6 is 0 Å². The molecule has 3 heteroatoms. The Labute approximate surface area is 101 Å². The fourth-order valence-corrected chi connectivity index (χ4v) is 2.00. The average Bonchev–Trinajstić information content (AvgIpc) is 2.90. The lowest BCUT2D eigenvalue weighted by molar-refractivity contribution is 0.386. The number of methoxy groups -OCH3 is 2. The Morgan fingerprint density at radius 3 is 2.12 bits per heavy atom. The lowest BCUT2D eigenvalue weighted by Crippen LogP contribution is -1.96. The van der Waals surface area contributed by atoms with Crippen molar-refractivity contribution in [3.05, 3.63) is 36.2 Å². The van der Waals surface area contributed by atoms with Crippen molar-refractivity contribution in [2.75, 3.05) is 14.2 Å². The number of hydrogen-bond donors (Lipinski definition) is 1. The summed E-state index contributed by atoms with van der Waals surface area (Å²) >= 11 is 0. The minimum absolute atomic E-state index is 0.878. The van der Waals surface area contributed by atoms with Crippen molar-refractivity contribution in [3.8, 4) is 22.6 Å². The summed E-state index contributed by atoms with van der Waals surface area (Å²) in [5, 5.41) is 0. The Hall–Kier alpha value is -1.90. The molecule has 90 valence electrons. The van der Waals surface area contributed by atoms with Crippen molar-refractivity contribution in [1.29, 1.82) is 0 Å². The van der Waals surface area contributed by atoms with Gasteiger partial charge in [0.25, 0.3) is 0 Å². The summed E-state index contributed by atoms with van der Waals surface area (Å²) in [6.07, 6.45) is 4.75. The van der Waals surface area contributed by atoms with Crippen LogP contribution in [0.4, 0.5) is 0 Å². The number of hydrogen-bond acceptors (Lipinski definition) is 2. The first kappa shape index (κ1) is 11.6. The van der Waals surface area contributed by atoms with Gasteiger partial charge in [-0.25, -0.2) is 0 Å². The summed E-state index contributed by atoms with van der Waals surface area (Å²) in [4.78, 5) is 3.05. The predicted molar refractivity (Wildman–Crippen MR) is 68.7 cm³/mol. The molecule has 0 atom stereocenters. The van der Waals surface area contributed by atoms with E-state index in [1.54, 1.807) is 14.2 Å². The van der Waals surface area contributed by atoms with Crippen LogP contribution in [0, 0.1) is 0 Å². The summed E-state index contributed by atoms with van der Waals surface area (Å²) in [7, 11) is 3.38. The number of nitrogens with one attached hydrogen (secondary N) is 1. The van der Waals surface area contributed by atoms with Crippen LogP contribution in [0.1, 0.15) is 12.5 Å². The van der Waals surface area contributed by atoms with E-state index in [4.69, 9.17) is 9.47 Å². The van der Waals surface area contributed by atoms with Crippen LogP contribution in [-0.2, 0) is 6.42 Å². The molecule has 0 saturated carbocycles. The van der Waals surface area contributed by atoms with Gasteiger partial charge in [-0.05, 0) is 35.7 Å². The van der Waals surface area contributed by atoms with Gasteiger partial charge in [0.15, 0.2) is 0 Å². The van der Waals surface area contributed by atoms with E-state index < -0.39 is 0 Å². The smallest absolute Gasteiger partial charge is 0.126 e. The number of rotatable bonds is 4. The van der Waals surface area contributed by atoms with E-state index in [0.717, 1.165) is 34.6 Å². The van der Waals surface area contributed by atoms with Gasteiger partial charge in [-0.2, -0.15) is 0 Å². The number of H-pyrrole nitrogens is 1. The molecule has 1 N–H and O–H groups in total. The molecule has 0 bridgehead atoms. The van der Waals surface area contributed by atoms with Gasteiger partial charge >= 0.3 is 0 Å². The van der Waals surface area contributed by atoms with E-state index in [1.807, 2.05) is 30.6 Å². The average molecular weight is 231 g/mol. The molecule has 0 unspecified atom stereocenters. The molecular formula is C14H17NO2. The maximum atomic E-state index is 5.43. The Morgan fingerprint density at radius 2 is 1.71 bits per heavy atom. The number of benzene rings is 1. The van der Waals surface area contributed by atoms with Gasteiger partial charge in [0, 0.05) is 18.0 Å². The minimum atomic E-state index is 0.878. The second-order valence-corrected chi connectivity index (χ2v) is 3.81. The van der Waals surface area contributed by atoms with Gasteiger partial charge in [-0.15, -0.1) is 0 Å². The van der Waals surface area contributed by atoms with Gasteiger partial charge in [-0.1, -0.05) is 6.92 Å². The molecule has 0 aliphatic carbocycles. The van der Waals surface area contributed by atoms with Gasteiger partial charge in [0.1, 0.15) is 11.5 Å². The molecule has 0 saturated heterocycles. The maximum absolute atomic E-state index is 5.43.